The number of aryl methyl sites for hydroxylation is 1. The molecule has 0 saturated heterocycles. The van der Waals surface area contributed by atoms with E-state index in [2.05, 4.69) is 10.4 Å². The van der Waals surface area contributed by atoms with Crippen LogP contribution in [0.15, 0.2) is 71.1 Å². The Balaban J connectivity index is 1.34. The number of nitrogens with zero attached hydrogens (tertiary/aromatic N) is 2. The minimum absolute atomic E-state index is 0.226. The first-order valence-electron chi connectivity index (χ1n) is 10.9. The fourth-order valence-electron chi connectivity index (χ4n) is 3.54. The molecule has 170 valence electrons. The lowest BCUT2D eigenvalue weighted by Crippen LogP contribution is -2.23. The summed E-state index contributed by atoms with van der Waals surface area (Å²) in [7, 11) is 0. The summed E-state index contributed by atoms with van der Waals surface area (Å²) in [6.45, 7) is 7.08. The van der Waals surface area contributed by atoms with Crippen LogP contribution in [0.25, 0.3) is 5.69 Å². The minimum Gasteiger partial charge on any atom is -0.494 e. The highest BCUT2D eigenvalue weighted by molar-refractivity contribution is 5.91. The third-order valence-corrected chi connectivity index (χ3v) is 5.27. The maximum Gasteiger partial charge on any atom is 0.287 e. The first kappa shape index (κ1) is 22.2. The van der Waals surface area contributed by atoms with E-state index in [1.165, 1.54) is 0 Å². The van der Waals surface area contributed by atoms with Crippen molar-refractivity contribution in [1.82, 2.24) is 15.1 Å². The van der Waals surface area contributed by atoms with Gasteiger partial charge in [0.2, 0.25) is 0 Å². The summed E-state index contributed by atoms with van der Waals surface area (Å²) in [5.41, 5.74) is 3.83. The number of amides is 1. The van der Waals surface area contributed by atoms with Crippen molar-refractivity contribution in [2.45, 2.75) is 33.9 Å². The number of aromatic nitrogens is 2. The van der Waals surface area contributed by atoms with Gasteiger partial charge in [0.15, 0.2) is 5.76 Å². The van der Waals surface area contributed by atoms with E-state index < -0.39 is 0 Å². The quantitative estimate of drug-likeness (QED) is 0.393. The highest BCUT2D eigenvalue weighted by atomic mass is 16.5. The molecule has 0 atom stereocenters. The fraction of sp³-hybridized carbons (Fsp3) is 0.231. The number of benzene rings is 2. The lowest BCUT2D eigenvalue weighted by atomic mass is 10.2. The molecule has 2 heterocycles. The van der Waals surface area contributed by atoms with Gasteiger partial charge in [0.25, 0.3) is 5.91 Å². The number of ether oxygens (including phenoxy) is 2. The lowest BCUT2D eigenvalue weighted by Gasteiger charge is -2.07. The molecule has 7 heteroatoms. The molecule has 1 N–H and O–H groups in total. The van der Waals surface area contributed by atoms with Crippen LogP contribution in [0.4, 0.5) is 0 Å². The molecular formula is C26H27N3O4. The van der Waals surface area contributed by atoms with Gasteiger partial charge in [-0.2, -0.15) is 5.10 Å². The predicted octanol–water partition coefficient (Wildman–Crippen LogP) is 4.99. The van der Waals surface area contributed by atoms with Crippen LogP contribution in [0.2, 0.25) is 0 Å². The Labute approximate surface area is 192 Å². The fourth-order valence-corrected chi connectivity index (χ4v) is 3.54. The third kappa shape index (κ3) is 5.26. The average molecular weight is 446 g/mol. The van der Waals surface area contributed by atoms with E-state index in [1.807, 2.05) is 80.1 Å². The summed E-state index contributed by atoms with van der Waals surface area (Å²) >= 11 is 0. The van der Waals surface area contributed by atoms with Crippen molar-refractivity contribution >= 4 is 5.91 Å². The van der Waals surface area contributed by atoms with Gasteiger partial charge in [-0.3, -0.25) is 4.79 Å². The molecule has 0 radical (unpaired) electrons. The van der Waals surface area contributed by atoms with Gasteiger partial charge in [-0.25, -0.2) is 4.68 Å². The summed E-state index contributed by atoms with van der Waals surface area (Å²) in [5, 5.41) is 7.55. The number of carbonyl (C=O) groups is 1. The van der Waals surface area contributed by atoms with Crippen LogP contribution in [0.5, 0.6) is 11.5 Å². The third-order valence-electron chi connectivity index (χ3n) is 5.27. The summed E-state index contributed by atoms with van der Waals surface area (Å²) in [6, 6.07) is 20.7. The Morgan fingerprint density at radius 2 is 1.67 bits per heavy atom. The lowest BCUT2D eigenvalue weighted by molar-refractivity contribution is 0.0919. The molecule has 0 saturated carbocycles. The van der Waals surface area contributed by atoms with E-state index in [0.29, 0.717) is 24.7 Å². The van der Waals surface area contributed by atoms with Gasteiger partial charge in [-0.15, -0.1) is 0 Å². The Morgan fingerprint density at radius 1 is 0.970 bits per heavy atom. The minimum atomic E-state index is -0.284. The average Bonchev–Trinajstić information content (AvgIpc) is 3.42. The first-order chi connectivity index (χ1) is 16.0. The standard InChI is InChI=1S/C26H27N3O4/c1-4-31-21-10-12-22(13-11-21)32-17-23-14-15-25(33-23)26(30)27-16-24-18(2)28-29(19(24)3)20-8-6-5-7-9-20/h5-15H,4,16-17H2,1-3H3,(H,27,30). The van der Waals surface area contributed by atoms with E-state index in [1.54, 1.807) is 12.1 Å². The van der Waals surface area contributed by atoms with Gasteiger partial charge in [-0.05, 0) is 69.3 Å². The molecule has 0 unspecified atom stereocenters. The second kappa shape index (κ2) is 10.1. The Bertz CT molecular complexity index is 1210. The molecule has 0 aliphatic carbocycles. The molecule has 1 amide bonds. The van der Waals surface area contributed by atoms with E-state index >= 15 is 0 Å². The van der Waals surface area contributed by atoms with Gasteiger partial charge in [0, 0.05) is 17.8 Å². The van der Waals surface area contributed by atoms with Gasteiger partial charge >= 0.3 is 0 Å². The molecule has 0 bridgehead atoms. The molecule has 33 heavy (non-hydrogen) atoms. The Kier molecular flexibility index (Phi) is 6.78. The molecule has 0 aliphatic rings. The normalized spacial score (nSPS) is 10.8. The monoisotopic (exact) mass is 445 g/mol. The SMILES string of the molecule is CCOc1ccc(OCc2ccc(C(=O)NCc3c(C)nn(-c4ccccc4)c3C)o2)cc1. The highest BCUT2D eigenvalue weighted by Crippen LogP contribution is 2.20. The van der Waals surface area contributed by atoms with Crippen LogP contribution in [-0.2, 0) is 13.2 Å². The van der Waals surface area contributed by atoms with Crippen LogP contribution in [0.1, 0.15) is 40.2 Å². The van der Waals surface area contributed by atoms with E-state index in [4.69, 9.17) is 13.9 Å². The number of rotatable bonds is 9. The summed E-state index contributed by atoms with van der Waals surface area (Å²) in [6.07, 6.45) is 0. The van der Waals surface area contributed by atoms with Crippen molar-refractivity contribution in [1.29, 1.82) is 0 Å². The van der Waals surface area contributed by atoms with Gasteiger partial charge < -0.3 is 19.2 Å². The highest BCUT2D eigenvalue weighted by Gasteiger charge is 2.16. The predicted molar refractivity (Wildman–Crippen MR) is 125 cm³/mol. The maximum atomic E-state index is 12.6. The van der Waals surface area contributed by atoms with Crippen molar-refractivity contribution in [2.24, 2.45) is 0 Å². The van der Waals surface area contributed by atoms with Crippen LogP contribution < -0.4 is 14.8 Å². The molecule has 0 spiro atoms. The van der Waals surface area contributed by atoms with Crippen molar-refractivity contribution in [2.75, 3.05) is 6.61 Å². The Hall–Kier alpha value is -4.00. The van der Waals surface area contributed by atoms with Gasteiger partial charge in [0.1, 0.15) is 23.9 Å². The number of nitrogens with one attached hydrogen (secondary N) is 1. The topological polar surface area (TPSA) is 78.5 Å². The molecule has 7 nitrogen and oxygen atoms in total. The molecule has 2 aromatic carbocycles. The second-order valence-corrected chi connectivity index (χ2v) is 7.54. The van der Waals surface area contributed by atoms with Crippen molar-refractivity contribution in [3.63, 3.8) is 0 Å². The van der Waals surface area contributed by atoms with Crippen LogP contribution in [-0.4, -0.2) is 22.3 Å². The first-order valence-corrected chi connectivity index (χ1v) is 10.9. The molecule has 0 fully saturated rings. The zero-order valence-corrected chi connectivity index (χ0v) is 19.0. The zero-order valence-electron chi connectivity index (χ0n) is 19.0. The summed E-state index contributed by atoms with van der Waals surface area (Å²) < 4.78 is 18.7. The number of para-hydroxylation sites is 1. The van der Waals surface area contributed by atoms with E-state index in [0.717, 1.165) is 28.4 Å². The Morgan fingerprint density at radius 3 is 2.36 bits per heavy atom. The van der Waals surface area contributed by atoms with Crippen LogP contribution in [0, 0.1) is 13.8 Å². The van der Waals surface area contributed by atoms with Crippen molar-refractivity contribution in [3.8, 4) is 17.2 Å². The maximum absolute atomic E-state index is 12.6. The second-order valence-electron chi connectivity index (χ2n) is 7.54. The van der Waals surface area contributed by atoms with E-state index in [-0.39, 0.29) is 18.3 Å². The number of carbonyl (C=O) groups excluding carboxylic acids is 1. The van der Waals surface area contributed by atoms with Crippen LogP contribution in [0.3, 0.4) is 0 Å². The van der Waals surface area contributed by atoms with Crippen molar-refractivity contribution < 1.29 is 18.7 Å². The molecule has 0 aliphatic heterocycles. The molecule has 4 aromatic rings. The zero-order chi connectivity index (χ0) is 23.2. The van der Waals surface area contributed by atoms with Crippen molar-refractivity contribution in [3.05, 3.63) is 95.2 Å². The largest absolute Gasteiger partial charge is 0.494 e. The van der Waals surface area contributed by atoms with Gasteiger partial charge in [-0.1, -0.05) is 18.2 Å². The summed E-state index contributed by atoms with van der Waals surface area (Å²) in [5.74, 6) is 2.02. The number of hydrogen-bond acceptors (Lipinski definition) is 5. The molecule has 4 rings (SSSR count). The molecule has 2 aromatic heterocycles. The van der Waals surface area contributed by atoms with Gasteiger partial charge in [0.05, 0.1) is 18.0 Å². The molecular weight excluding hydrogens is 418 g/mol. The van der Waals surface area contributed by atoms with E-state index in [9.17, 15) is 4.79 Å². The van der Waals surface area contributed by atoms with Crippen LogP contribution >= 0.6 is 0 Å². The smallest absolute Gasteiger partial charge is 0.287 e. The number of furan rings is 1. The summed E-state index contributed by atoms with van der Waals surface area (Å²) in [4.78, 5) is 12.6. The number of hydrogen-bond donors (Lipinski definition) is 1.